The Balaban J connectivity index is 1.52. The third-order valence-corrected chi connectivity index (χ3v) is 5.82. The molecule has 1 aliphatic rings. The van der Waals surface area contributed by atoms with E-state index in [0.717, 1.165) is 31.7 Å². The van der Waals surface area contributed by atoms with Crippen molar-refractivity contribution < 1.29 is 14.4 Å². The highest BCUT2D eigenvalue weighted by Gasteiger charge is 2.46. The highest BCUT2D eigenvalue weighted by Crippen LogP contribution is 2.28. The van der Waals surface area contributed by atoms with Crippen molar-refractivity contribution in [3.63, 3.8) is 0 Å². The van der Waals surface area contributed by atoms with Gasteiger partial charge in [0.1, 0.15) is 11.7 Å². The SMILES string of the molecule is O=C1C(Cc2ccc3ccccc3c2)C(=O)N(c2ccccn2)C(=O)N1Cc1ccccc1. The zero-order chi connectivity index (χ0) is 22.8. The second-order valence-corrected chi connectivity index (χ2v) is 7.99. The summed E-state index contributed by atoms with van der Waals surface area (Å²) in [5, 5.41) is 2.11. The summed E-state index contributed by atoms with van der Waals surface area (Å²) in [5.74, 6) is -1.86. The summed E-state index contributed by atoms with van der Waals surface area (Å²) >= 11 is 0. The fourth-order valence-corrected chi connectivity index (χ4v) is 4.14. The van der Waals surface area contributed by atoms with Crippen molar-refractivity contribution in [3.05, 3.63) is 108 Å². The molecule has 1 fully saturated rings. The predicted molar refractivity (Wildman–Crippen MR) is 125 cm³/mol. The van der Waals surface area contributed by atoms with Crippen molar-refractivity contribution in [3.8, 4) is 0 Å². The lowest BCUT2D eigenvalue weighted by Crippen LogP contribution is -2.60. The first-order valence-electron chi connectivity index (χ1n) is 10.7. The summed E-state index contributed by atoms with van der Waals surface area (Å²) in [5.41, 5.74) is 1.66. The van der Waals surface area contributed by atoms with E-state index in [9.17, 15) is 14.4 Å². The third-order valence-electron chi connectivity index (χ3n) is 5.82. The zero-order valence-electron chi connectivity index (χ0n) is 17.8. The van der Waals surface area contributed by atoms with Crippen LogP contribution in [0.2, 0.25) is 0 Å². The number of rotatable bonds is 5. The topological polar surface area (TPSA) is 70.6 Å². The number of nitrogens with zero attached hydrogens (tertiary/aromatic N) is 3. The fourth-order valence-electron chi connectivity index (χ4n) is 4.14. The molecule has 1 saturated heterocycles. The molecular weight excluding hydrogens is 414 g/mol. The van der Waals surface area contributed by atoms with Gasteiger partial charge in [0.05, 0.1) is 6.54 Å². The van der Waals surface area contributed by atoms with Gasteiger partial charge in [0.25, 0.3) is 0 Å². The van der Waals surface area contributed by atoms with Gasteiger partial charge >= 0.3 is 6.03 Å². The van der Waals surface area contributed by atoms with E-state index in [1.165, 1.54) is 6.20 Å². The maximum absolute atomic E-state index is 13.4. The Kier molecular flexibility index (Phi) is 5.40. The molecule has 6 heteroatoms. The molecule has 3 aromatic carbocycles. The van der Waals surface area contributed by atoms with Gasteiger partial charge < -0.3 is 0 Å². The van der Waals surface area contributed by atoms with E-state index in [1.54, 1.807) is 18.2 Å². The molecule has 6 nitrogen and oxygen atoms in total. The van der Waals surface area contributed by atoms with Crippen LogP contribution in [0.15, 0.2) is 97.2 Å². The minimum atomic E-state index is -1.02. The molecular formula is C27H21N3O3. The lowest BCUT2D eigenvalue weighted by Gasteiger charge is -2.36. The lowest BCUT2D eigenvalue weighted by molar-refractivity contribution is -0.141. The molecule has 0 bridgehead atoms. The zero-order valence-corrected chi connectivity index (χ0v) is 17.8. The second-order valence-electron chi connectivity index (χ2n) is 7.99. The summed E-state index contributed by atoms with van der Waals surface area (Å²) in [7, 11) is 0. The minimum absolute atomic E-state index is 0.0866. The Morgan fingerprint density at radius 1 is 0.697 bits per heavy atom. The molecule has 33 heavy (non-hydrogen) atoms. The molecule has 4 amide bonds. The number of pyridine rings is 1. The molecule has 0 aliphatic carbocycles. The van der Waals surface area contributed by atoms with Crippen LogP contribution in [-0.2, 0) is 22.6 Å². The maximum Gasteiger partial charge on any atom is 0.339 e. The van der Waals surface area contributed by atoms with Crippen LogP contribution in [0.5, 0.6) is 0 Å². The van der Waals surface area contributed by atoms with Gasteiger partial charge in [-0.25, -0.2) is 14.7 Å². The van der Waals surface area contributed by atoms with Crippen molar-refractivity contribution in [2.24, 2.45) is 5.92 Å². The van der Waals surface area contributed by atoms with Gasteiger partial charge in [-0.15, -0.1) is 0 Å². The van der Waals surface area contributed by atoms with E-state index in [0.29, 0.717) is 0 Å². The van der Waals surface area contributed by atoms with Crippen LogP contribution in [0.25, 0.3) is 10.8 Å². The highest BCUT2D eigenvalue weighted by atomic mass is 16.2. The molecule has 0 saturated carbocycles. The summed E-state index contributed by atoms with van der Waals surface area (Å²) < 4.78 is 0. The number of barbiturate groups is 1. The highest BCUT2D eigenvalue weighted by molar-refractivity contribution is 6.27. The van der Waals surface area contributed by atoms with Gasteiger partial charge in [0, 0.05) is 6.20 Å². The van der Waals surface area contributed by atoms with Crippen molar-refractivity contribution in [2.75, 3.05) is 4.90 Å². The number of anilines is 1. The first-order chi connectivity index (χ1) is 16.1. The van der Waals surface area contributed by atoms with E-state index in [1.807, 2.05) is 72.8 Å². The summed E-state index contributed by atoms with van der Waals surface area (Å²) in [6.45, 7) is 0.0866. The van der Waals surface area contributed by atoms with Gasteiger partial charge in [-0.1, -0.05) is 78.9 Å². The lowest BCUT2D eigenvalue weighted by atomic mass is 9.93. The second kappa shape index (κ2) is 8.67. The number of carbonyl (C=O) groups excluding carboxylic acids is 3. The number of imide groups is 2. The molecule has 0 radical (unpaired) electrons. The predicted octanol–water partition coefficient (Wildman–Crippen LogP) is 4.59. The number of hydrogen-bond acceptors (Lipinski definition) is 4. The number of benzene rings is 3. The van der Waals surface area contributed by atoms with Crippen LogP contribution in [0, 0.1) is 5.92 Å². The Hall–Kier alpha value is -4.32. The Morgan fingerprint density at radius 3 is 2.18 bits per heavy atom. The molecule has 5 rings (SSSR count). The molecule has 2 heterocycles. The summed E-state index contributed by atoms with van der Waals surface area (Å²) in [6, 6.07) is 27.4. The molecule has 1 aromatic heterocycles. The fraction of sp³-hybridized carbons (Fsp3) is 0.111. The first-order valence-corrected chi connectivity index (χ1v) is 10.7. The summed E-state index contributed by atoms with van der Waals surface area (Å²) in [6.07, 6.45) is 1.72. The first kappa shape index (κ1) is 20.6. The van der Waals surface area contributed by atoms with E-state index in [-0.39, 0.29) is 18.8 Å². The van der Waals surface area contributed by atoms with Crippen LogP contribution in [-0.4, -0.2) is 27.7 Å². The minimum Gasteiger partial charge on any atom is -0.273 e. The van der Waals surface area contributed by atoms with Gasteiger partial charge in [-0.3, -0.25) is 14.5 Å². The molecule has 1 unspecified atom stereocenters. The van der Waals surface area contributed by atoms with E-state index >= 15 is 0 Å². The van der Waals surface area contributed by atoms with E-state index in [4.69, 9.17) is 0 Å². The van der Waals surface area contributed by atoms with Gasteiger partial charge in [-0.05, 0) is 40.5 Å². The van der Waals surface area contributed by atoms with E-state index < -0.39 is 23.8 Å². The molecule has 0 spiro atoms. The van der Waals surface area contributed by atoms with Crippen LogP contribution >= 0.6 is 0 Å². The Morgan fingerprint density at radius 2 is 1.42 bits per heavy atom. The van der Waals surface area contributed by atoms with Gasteiger partial charge in [0.15, 0.2) is 0 Å². The molecule has 1 aliphatic heterocycles. The van der Waals surface area contributed by atoms with Crippen molar-refractivity contribution >= 4 is 34.4 Å². The normalized spacial score (nSPS) is 16.5. The quantitative estimate of drug-likeness (QED) is 0.430. The standard InChI is InChI=1S/C27H21N3O3/c31-25-23(17-20-13-14-21-10-4-5-11-22(21)16-20)26(32)30(24-12-6-7-15-28-24)27(33)29(25)18-19-8-2-1-3-9-19/h1-16,23H,17-18H2. The average molecular weight is 435 g/mol. The molecule has 1 atom stereocenters. The molecule has 0 N–H and O–H groups in total. The number of urea groups is 1. The Bertz CT molecular complexity index is 1340. The largest absolute Gasteiger partial charge is 0.339 e. The van der Waals surface area contributed by atoms with Crippen molar-refractivity contribution in [1.29, 1.82) is 0 Å². The number of amides is 4. The average Bonchev–Trinajstić information content (AvgIpc) is 2.86. The van der Waals surface area contributed by atoms with Crippen LogP contribution in [0.3, 0.4) is 0 Å². The van der Waals surface area contributed by atoms with E-state index in [2.05, 4.69) is 4.98 Å². The van der Waals surface area contributed by atoms with Crippen LogP contribution in [0.1, 0.15) is 11.1 Å². The number of carbonyl (C=O) groups is 3. The number of fused-ring (bicyclic) bond motifs is 1. The smallest absolute Gasteiger partial charge is 0.273 e. The third kappa shape index (κ3) is 3.99. The number of hydrogen-bond donors (Lipinski definition) is 0. The van der Waals surface area contributed by atoms with Crippen molar-refractivity contribution in [2.45, 2.75) is 13.0 Å². The van der Waals surface area contributed by atoms with Crippen LogP contribution < -0.4 is 4.90 Å². The number of aromatic nitrogens is 1. The summed E-state index contributed by atoms with van der Waals surface area (Å²) in [4.78, 5) is 46.5. The molecule has 4 aromatic rings. The molecule has 162 valence electrons. The monoisotopic (exact) mass is 435 g/mol. The van der Waals surface area contributed by atoms with Gasteiger partial charge in [-0.2, -0.15) is 0 Å². The van der Waals surface area contributed by atoms with Crippen LogP contribution in [0.4, 0.5) is 10.6 Å². The Labute approximate surface area is 191 Å². The van der Waals surface area contributed by atoms with Crippen molar-refractivity contribution in [1.82, 2.24) is 9.88 Å². The van der Waals surface area contributed by atoms with Gasteiger partial charge in [0.2, 0.25) is 11.8 Å². The maximum atomic E-state index is 13.4.